The van der Waals surface area contributed by atoms with E-state index in [9.17, 15) is 0 Å². The highest BCUT2D eigenvalue weighted by molar-refractivity contribution is 8.14. The van der Waals surface area contributed by atoms with E-state index in [0.29, 0.717) is 10.4 Å². The van der Waals surface area contributed by atoms with Crippen molar-refractivity contribution in [3.8, 4) is 0 Å². The largest absolute Gasteiger partial charge is 0.378 e. The summed E-state index contributed by atoms with van der Waals surface area (Å²) in [5, 5.41) is 1.19. The van der Waals surface area contributed by atoms with E-state index in [1.807, 2.05) is 6.92 Å². The van der Waals surface area contributed by atoms with Gasteiger partial charge in [-0.3, -0.25) is 0 Å². The standard InChI is InChI=1S/C8H14N2OS/c1-2-11-8-5-3-4-6(8)12-7(9)10-8/h6H,2-5H2,1H3,(H2,9,10). The van der Waals surface area contributed by atoms with E-state index in [1.54, 1.807) is 11.8 Å². The molecule has 0 aromatic heterocycles. The number of amidine groups is 1. The molecule has 0 saturated heterocycles. The van der Waals surface area contributed by atoms with Crippen LogP contribution < -0.4 is 5.73 Å². The van der Waals surface area contributed by atoms with Crippen LogP contribution in [-0.4, -0.2) is 22.7 Å². The zero-order valence-electron chi connectivity index (χ0n) is 7.25. The number of hydrogen-bond acceptors (Lipinski definition) is 4. The fourth-order valence-electron chi connectivity index (χ4n) is 2.01. The second-order valence-corrected chi connectivity index (χ2v) is 4.45. The summed E-state index contributed by atoms with van der Waals surface area (Å²) in [7, 11) is 0. The van der Waals surface area contributed by atoms with Crippen LogP contribution in [0.4, 0.5) is 0 Å². The Labute approximate surface area is 76.8 Å². The molecule has 2 N–H and O–H groups in total. The third-order valence-electron chi connectivity index (χ3n) is 2.46. The summed E-state index contributed by atoms with van der Waals surface area (Å²) < 4.78 is 5.70. The summed E-state index contributed by atoms with van der Waals surface area (Å²) in [5.74, 6) is 0. The lowest BCUT2D eigenvalue weighted by molar-refractivity contribution is -0.0204. The summed E-state index contributed by atoms with van der Waals surface area (Å²) in [4.78, 5) is 4.41. The molecule has 0 bridgehead atoms. The third-order valence-corrected chi connectivity index (χ3v) is 3.68. The topological polar surface area (TPSA) is 47.6 Å². The van der Waals surface area contributed by atoms with Crippen LogP contribution in [0.3, 0.4) is 0 Å². The smallest absolute Gasteiger partial charge is 0.173 e. The number of nitrogens with two attached hydrogens (primary N) is 1. The lowest BCUT2D eigenvalue weighted by Crippen LogP contribution is -2.33. The van der Waals surface area contributed by atoms with Gasteiger partial charge in [0, 0.05) is 6.61 Å². The first kappa shape index (κ1) is 8.38. The van der Waals surface area contributed by atoms with E-state index in [0.717, 1.165) is 13.0 Å². The minimum atomic E-state index is -0.247. The van der Waals surface area contributed by atoms with Gasteiger partial charge >= 0.3 is 0 Å². The van der Waals surface area contributed by atoms with E-state index in [2.05, 4.69) is 4.99 Å². The molecule has 1 aliphatic heterocycles. The van der Waals surface area contributed by atoms with Gasteiger partial charge in [0.05, 0.1) is 5.25 Å². The molecule has 2 rings (SSSR count). The predicted octanol–water partition coefficient (Wildman–Crippen LogP) is 1.33. The maximum absolute atomic E-state index is 5.70. The van der Waals surface area contributed by atoms with E-state index < -0.39 is 0 Å². The van der Waals surface area contributed by atoms with Crippen molar-refractivity contribution in [3.63, 3.8) is 0 Å². The van der Waals surface area contributed by atoms with Crippen LogP contribution in [0.25, 0.3) is 0 Å². The third kappa shape index (κ3) is 1.13. The molecular weight excluding hydrogens is 172 g/mol. The first-order chi connectivity index (χ1) is 5.77. The van der Waals surface area contributed by atoms with Gasteiger partial charge in [0.1, 0.15) is 0 Å². The molecule has 0 radical (unpaired) electrons. The number of nitrogens with zero attached hydrogens (tertiary/aromatic N) is 1. The number of fused-ring (bicyclic) bond motifs is 1. The Morgan fingerprint density at radius 1 is 1.83 bits per heavy atom. The lowest BCUT2D eigenvalue weighted by atomic mass is 10.2. The zero-order chi connectivity index (χ0) is 8.60. The molecule has 1 fully saturated rings. The van der Waals surface area contributed by atoms with Crippen molar-refractivity contribution in [1.82, 2.24) is 0 Å². The van der Waals surface area contributed by atoms with Crippen LogP contribution in [0, 0.1) is 0 Å². The van der Waals surface area contributed by atoms with Crippen molar-refractivity contribution >= 4 is 16.9 Å². The Hall–Kier alpha value is -0.220. The highest BCUT2D eigenvalue weighted by Crippen LogP contribution is 2.46. The molecule has 0 aromatic rings. The van der Waals surface area contributed by atoms with Crippen molar-refractivity contribution in [1.29, 1.82) is 0 Å². The molecule has 12 heavy (non-hydrogen) atoms. The van der Waals surface area contributed by atoms with Gasteiger partial charge in [0.25, 0.3) is 0 Å². The van der Waals surface area contributed by atoms with E-state index in [1.165, 1.54) is 12.8 Å². The first-order valence-corrected chi connectivity index (χ1v) is 5.31. The minimum absolute atomic E-state index is 0.247. The molecule has 2 aliphatic rings. The lowest BCUT2D eigenvalue weighted by Gasteiger charge is -2.24. The molecule has 4 heteroatoms. The van der Waals surface area contributed by atoms with Crippen LogP contribution in [0.1, 0.15) is 26.2 Å². The van der Waals surface area contributed by atoms with Crippen LogP contribution >= 0.6 is 11.8 Å². The number of hydrogen-bond donors (Lipinski definition) is 1. The molecular formula is C8H14N2OS. The average molecular weight is 186 g/mol. The Kier molecular flexibility index (Phi) is 2.04. The van der Waals surface area contributed by atoms with Crippen molar-refractivity contribution in [2.45, 2.75) is 37.2 Å². The molecule has 3 nitrogen and oxygen atoms in total. The molecule has 0 spiro atoms. The maximum Gasteiger partial charge on any atom is 0.173 e. The molecule has 2 atom stereocenters. The van der Waals surface area contributed by atoms with E-state index in [4.69, 9.17) is 10.5 Å². The SMILES string of the molecule is CCOC12CCCC1SC(N)=N2. The quantitative estimate of drug-likeness (QED) is 0.707. The van der Waals surface area contributed by atoms with Gasteiger partial charge < -0.3 is 10.5 Å². The summed E-state index contributed by atoms with van der Waals surface area (Å²) in [6.07, 6.45) is 3.45. The molecule has 0 aromatic carbocycles. The number of ether oxygens (including phenoxy) is 1. The van der Waals surface area contributed by atoms with Crippen molar-refractivity contribution in [3.05, 3.63) is 0 Å². The fraction of sp³-hybridized carbons (Fsp3) is 0.875. The van der Waals surface area contributed by atoms with Gasteiger partial charge in [-0.1, -0.05) is 11.8 Å². The molecule has 1 saturated carbocycles. The van der Waals surface area contributed by atoms with Gasteiger partial charge in [-0.25, -0.2) is 4.99 Å². The molecule has 68 valence electrons. The molecule has 1 heterocycles. The van der Waals surface area contributed by atoms with Gasteiger partial charge in [-0.2, -0.15) is 0 Å². The van der Waals surface area contributed by atoms with Crippen molar-refractivity contribution in [2.75, 3.05) is 6.61 Å². The maximum atomic E-state index is 5.70. The predicted molar refractivity (Wildman–Crippen MR) is 51.2 cm³/mol. The van der Waals surface area contributed by atoms with Crippen molar-refractivity contribution in [2.24, 2.45) is 10.7 Å². The monoisotopic (exact) mass is 186 g/mol. The van der Waals surface area contributed by atoms with Crippen LogP contribution in [0.2, 0.25) is 0 Å². The zero-order valence-corrected chi connectivity index (χ0v) is 8.06. The fourth-order valence-corrected chi connectivity index (χ4v) is 3.22. The summed E-state index contributed by atoms with van der Waals surface area (Å²) in [6.45, 7) is 2.74. The van der Waals surface area contributed by atoms with Crippen LogP contribution in [-0.2, 0) is 4.74 Å². The first-order valence-electron chi connectivity index (χ1n) is 4.43. The summed E-state index contributed by atoms with van der Waals surface area (Å²) >= 11 is 1.68. The van der Waals surface area contributed by atoms with Gasteiger partial charge in [-0.05, 0) is 26.2 Å². The highest BCUT2D eigenvalue weighted by atomic mass is 32.2. The van der Waals surface area contributed by atoms with Crippen LogP contribution in [0.5, 0.6) is 0 Å². The Bertz CT molecular complexity index is 219. The van der Waals surface area contributed by atoms with Gasteiger partial charge in [-0.15, -0.1) is 0 Å². The summed E-state index contributed by atoms with van der Waals surface area (Å²) in [5.41, 5.74) is 5.43. The van der Waals surface area contributed by atoms with E-state index in [-0.39, 0.29) is 5.72 Å². The Balaban J connectivity index is 2.18. The number of aliphatic imine (C=N–C) groups is 1. The second-order valence-electron chi connectivity index (χ2n) is 3.23. The Morgan fingerprint density at radius 3 is 3.42 bits per heavy atom. The highest BCUT2D eigenvalue weighted by Gasteiger charge is 2.48. The second kappa shape index (κ2) is 2.92. The van der Waals surface area contributed by atoms with Gasteiger partial charge in [0.2, 0.25) is 0 Å². The molecule has 2 unspecified atom stereocenters. The molecule has 0 amide bonds. The summed E-state index contributed by atoms with van der Waals surface area (Å²) in [6, 6.07) is 0. The Morgan fingerprint density at radius 2 is 2.67 bits per heavy atom. The normalized spacial score (nSPS) is 39.8. The number of rotatable bonds is 2. The van der Waals surface area contributed by atoms with Crippen LogP contribution in [0.15, 0.2) is 4.99 Å². The molecule has 1 aliphatic carbocycles. The van der Waals surface area contributed by atoms with E-state index >= 15 is 0 Å². The average Bonchev–Trinajstić information content (AvgIpc) is 2.44. The van der Waals surface area contributed by atoms with Gasteiger partial charge in [0.15, 0.2) is 10.9 Å². The number of thioether (sulfide) groups is 1. The minimum Gasteiger partial charge on any atom is -0.378 e. The van der Waals surface area contributed by atoms with Crippen molar-refractivity contribution < 1.29 is 4.74 Å².